The first kappa shape index (κ1) is 16.7. The first-order valence-electron chi connectivity index (χ1n) is 9.84. The highest BCUT2D eigenvalue weighted by Crippen LogP contribution is 2.50. The Balaban J connectivity index is 1.75. The van der Waals surface area contributed by atoms with E-state index in [4.69, 9.17) is 9.47 Å². The van der Waals surface area contributed by atoms with Gasteiger partial charge in [0.25, 0.3) is 0 Å². The van der Waals surface area contributed by atoms with Crippen molar-refractivity contribution in [2.75, 3.05) is 20.8 Å². The molecule has 1 aromatic heterocycles. The number of methoxy groups -OCH3 is 2. The summed E-state index contributed by atoms with van der Waals surface area (Å²) in [6.07, 6.45) is 4.98. The third kappa shape index (κ3) is 2.39. The van der Waals surface area contributed by atoms with Crippen molar-refractivity contribution in [1.29, 1.82) is 0 Å². The van der Waals surface area contributed by atoms with Crippen molar-refractivity contribution < 1.29 is 9.47 Å². The molecule has 0 amide bonds. The smallest absolute Gasteiger partial charge is 0.164 e. The van der Waals surface area contributed by atoms with Gasteiger partial charge >= 0.3 is 0 Å². The topological polar surface area (TPSA) is 46.3 Å². The van der Waals surface area contributed by atoms with Crippen LogP contribution in [-0.4, -0.2) is 25.7 Å². The Hall–Kier alpha value is -2.46. The van der Waals surface area contributed by atoms with Crippen LogP contribution in [0.1, 0.15) is 48.4 Å². The van der Waals surface area contributed by atoms with E-state index in [1.807, 2.05) is 6.07 Å². The van der Waals surface area contributed by atoms with Gasteiger partial charge in [-0.15, -0.1) is 0 Å². The number of hydrogen-bond donors (Lipinski definition) is 2. The van der Waals surface area contributed by atoms with Crippen LogP contribution >= 0.6 is 0 Å². The Morgan fingerprint density at radius 3 is 2.56 bits per heavy atom. The van der Waals surface area contributed by atoms with Gasteiger partial charge < -0.3 is 19.8 Å². The summed E-state index contributed by atoms with van der Waals surface area (Å²) in [4.78, 5) is 3.78. The summed E-state index contributed by atoms with van der Waals surface area (Å²) >= 11 is 0. The Bertz CT molecular complexity index is 985. The molecule has 4 heteroatoms. The van der Waals surface area contributed by atoms with Gasteiger partial charge in [-0.25, -0.2) is 0 Å². The van der Waals surface area contributed by atoms with Crippen LogP contribution in [0.4, 0.5) is 0 Å². The van der Waals surface area contributed by atoms with E-state index in [0.717, 1.165) is 18.0 Å². The molecule has 0 bridgehead atoms. The van der Waals surface area contributed by atoms with E-state index < -0.39 is 0 Å². The minimum absolute atomic E-state index is 0.0942. The number of fused-ring (bicyclic) bond motifs is 4. The second-order valence-electron chi connectivity index (χ2n) is 7.76. The van der Waals surface area contributed by atoms with Crippen molar-refractivity contribution in [2.24, 2.45) is 0 Å². The number of H-pyrrole nitrogens is 1. The van der Waals surface area contributed by atoms with Crippen LogP contribution in [0.5, 0.6) is 11.5 Å². The summed E-state index contributed by atoms with van der Waals surface area (Å²) in [5, 5.41) is 5.25. The van der Waals surface area contributed by atoms with Crippen LogP contribution in [0.3, 0.4) is 0 Å². The number of hydrogen-bond acceptors (Lipinski definition) is 3. The third-order valence-electron chi connectivity index (χ3n) is 6.48. The van der Waals surface area contributed by atoms with Gasteiger partial charge in [0.05, 0.1) is 19.8 Å². The zero-order valence-electron chi connectivity index (χ0n) is 16.0. The van der Waals surface area contributed by atoms with E-state index in [9.17, 15) is 0 Å². The molecule has 1 saturated carbocycles. The molecule has 1 aliphatic heterocycles. The summed E-state index contributed by atoms with van der Waals surface area (Å²) < 4.78 is 11.3. The average molecular weight is 362 g/mol. The highest BCUT2D eigenvalue weighted by atomic mass is 16.5. The summed E-state index contributed by atoms with van der Waals surface area (Å²) in [5.41, 5.74) is 5.31. The number of rotatable bonds is 3. The second kappa shape index (κ2) is 6.31. The van der Waals surface area contributed by atoms with Crippen LogP contribution in [0.15, 0.2) is 42.5 Å². The molecule has 5 rings (SSSR count). The van der Waals surface area contributed by atoms with Crippen LogP contribution < -0.4 is 14.8 Å². The molecule has 3 aromatic rings. The maximum Gasteiger partial charge on any atom is 0.164 e. The van der Waals surface area contributed by atoms with Gasteiger partial charge in [0.2, 0.25) is 0 Å². The highest BCUT2D eigenvalue weighted by molar-refractivity contribution is 5.87. The van der Waals surface area contributed by atoms with Crippen molar-refractivity contribution in [3.05, 3.63) is 59.3 Å². The fraction of sp³-hybridized carbons (Fsp3) is 0.391. The van der Waals surface area contributed by atoms with Gasteiger partial charge in [0.15, 0.2) is 11.5 Å². The van der Waals surface area contributed by atoms with E-state index in [2.05, 4.69) is 46.7 Å². The van der Waals surface area contributed by atoms with E-state index in [0.29, 0.717) is 0 Å². The van der Waals surface area contributed by atoms with Crippen LogP contribution in [0.2, 0.25) is 0 Å². The lowest BCUT2D eigenvalue weighted by Gasteiger charge is -2.39. The standard InChI is InChI=1S/C23H26N2O2/c1-26-19-11-7-9-15(21(19)27-2)17-14-24-23(12-5-6-13-23)22-20(17)16-8-3-4-10-18(16)25-22/h3-4,7-11,17,24-25H,5-6,12-14H2,1-2H3/t17-/m1/s1. The lowest BCUT2D eigenvalue weighted by atomic mass is 9.78. The zero-order chi connectivity index (χ0) is 18.4. The number of aromatic nitrogens is 1. The largest absolute Gasteiger partial charge is 0.493 e. The molecule has 2 aromatic carbocycles. The van der Waals surface area contributed by atoms with Gasteiger partial charge in [0, 0.05) is 34.6 Å². The van der Waals surface area contributed by atoms with Gasteiger partial charge in [-0.2, -0.15) is 0 Å². The molecule has 0 unspecified atom stereocenters. The van der Waals surface area contributed by atoms with Crippen LogP contribution in [0.25, 0.3) is 10.9 Å². The predicted molar refractivity (Wildman–Crippen MR) is 108 cm³/mol. The molecule has 1 fully saturated rings. The van der Waals surface area contributed by atoms with E-state index >= 15 is 0 Å². The summed E-state index contributed by atoms with van der Waals surface area (Å²) in [5.74, 6) is 1.86. The van der Waals surface area contributed by atoms with Crippen LogP contribution in [0, 0.1) is 0 Å². The van der Waals surface area contributed by atoms with Crippen molar-refractivity contribution in [2.45, 2.75) is 37.1 Å². The van der Waals surface area contributed by atoms with Crippen molar-refractivity contribution in [3.63, 3.8) is 0 Å². The maximum absolute atomic E-state index is 5.78. The van der Waals surface area contributed by atoms with Crippen molar-refractivity contribution in [1.82, 2.24) is 10.3 Å². The quantitative estimate of drug-likeness (QED) is 0.710. The Kier molecular flexibility index (Phi) is 3.90. The Morgan fingerprint density at radius 2 is 1.78 bits per heavy atom. The molecule has 140 valence electrons. The molecule has 4 nitrogen and oxygen atoms in total. The molecule has 1 spiro atoms. The summed E-state index contributed by atoms with van der Waals surface area (Å²) in [7, 11) is 3.43. The summed E-state index contributed by atoms with van der Waals surface area (Å²) in [6, 6.07) is 14.9. The zero-order valence-corrected chi connectivity index (χ0v) is 16.0. The maximum atomic E-state index is 5.78. The lowest BCUT2D eigenvalue weighted by molar-refractivity contribution is 0.302. The Morgan fingerprint density at radius 1 is 0.963 bits per heavy atom. The molecule has 0 saturated heterocycles. The van der Waals surface area contributed by atoms with Gasteiger partial charge in [-0.05, 0) is 30.5 Å². The van der Waals surface area contributed by atoms with Crippen LogP contribution in [-0.2, 0) is 5.54 Å². The van der Waals surface area contributed by atoms with E-state index in [1.54, 1.807) is 14.2 Å². The fourth-order valence-corrected chi connectivity index (χ4v) is 5.25. The molecular weight excluding hydrogens is 336 g/mol. The second-order valence-corrected chi connectivity index (χ2v) is 7.76. The fourth-order valence-electron chi connectivity index (χ4n) is 5.25. The van der Waals surface area contributed by atoms with E-state index in [1.165, 1.54) is 53.4 Å². The number of nitrogens with one attached hydrogen (secondary N) is 2. The van der Waals surface area contributed by atoms with Gasteiger partial charge in [-0.3, -0.25) is 0 Å². The molecule has 2 N–H and O–H groups in total. The number of aromatic amines is 1. The van der Waals surface area contributed by atoms with E-state index in [-0.39, 0.29) is 11.5 Å². The number of para-hydroxylation sites is 2. The normalized spacial score (nSPS) is 20.7. The van der Waals surface area contributed by atoms with Gasteiger partial charge in [-0.1, -0.05) is 43.2 Å². The molecule has 1 aliphatic carbocycles. The van der Waals surface area contributed by atoms with Crippen molar-refractivity contribution in [3.8, 4) is 11.5 Å². The predicted octanol–water partition coefficient (Wildman–Crippen LogP) is 4.69. The monoisotopic (exact) mass is 362 g/mol. The molecule has 27 heavy (non-hydrogen) atoms. The molecule has 2 aliphatic rings. The molecule has 0 radical (unpaired) electrons. The van der Waals surface area contributed by atoms with Gasteiger partial charge in [0.1, 0.15) is 0 Å². The van der Waals surface area contributed by atoms with Crippen molar-refractivity contribution >= 4 is 10.9 Å². The first-order valence-corrected chi connectivity index (χ1v) is 9.84. The summed E-state index contributed by atoms with van der Waals surface area (Å²) in [6.45, 7) is 0.915. The number of ether oxygens (including phenoxy) is 2. The first-order chi connectivity index (χ1) is 13.3. The number of benzene rings is 2. The molecule has 1 atom stereocenters. The minimum atomic E-state index is 0.0942. The molecular formula is C23H26N2O2. The highest BCUT2D eigenvalue weighted by Gasteiger charge is 2.44. The lowest BCUT2D eigenvalue weighted by Crippen LogP contribution is -2.47. The SMILES string of the molecule is COc1cccc([C@H]2CNC3(CCCC3)c3[nH]c4ccccc4c32)c1OC. The molecule has 2 heterocycles. The third-order valence-corrected chi connectivity index (χ3v) is 6.48. The minimum Gasteiger partial charge on any atom is -0.493 e. The average Bonchev–Trinajstić information content (AvgIpc) is 3.34. The Labute approximate surface area is 159 Å².